The first-order valence-corrected chi connectivity index (χ1v) is 10.2. The second-order valence-electron chi connectivity index (χ2n) is 6.80. The van der Waals surface area contributed by atoms with E-state index >= 15 is 0 Å². The molecule has 0 aliphatic rings. The lowest BCUT2D eigenvalue weighted by Gasteiger charge is -2.11. The molecule has 4 aromatic rings. The quantitative estimate of drug-likeness (QED) is 0.382. The smallest absolute Gasteiger partial charge is 0.196 e. The van der Waals surface area contributed by atoms with E-state index in [0.717, 1.165) is 28.7 Å². The molecule has 146 valence electrons. The fraction of sp³-hybridized carbons (Fsp3) is 0.130. The van der Waals surface area contributed by atoms with Crippen LogP contribution in [0.1, 0.15) is 22.5 Å². The van der Waals surface area contributed by atoms with Crippen LogP contribution in [0.15, 0.2) is 78.0 Å². The molecule has 0 saturated carbocycles. The Bertz CT molecular complexity index is 1090. The molecular weight excluding hydrogens is 388 g/mol. The van der Waals surface area contributed by atoms with Gasteiger partial charge in [-0.15, -0.1) is 10.2 Å². The van der Waals surface area contributed by atoms with E-state index in [4.69, 9.17) is 0 Å². The molecule has 0 radical (unpaired) electrons. The minimum Gasteiger partial charge on any atom is -0.274 e. The minimum absolute atomic E-state index is 0.393. The maximum Gasteiger partial charge on any atom is 0.196 e. The first-order chi connectivity index (χ1) is 14.1. The van der Waals surface area contributed by atoms with Crippen molar-refractivity contribution in [2.45, 2.75) is 24.3 Å². The van der Waals surface area contributed by atoms with Crippen molar-refractivity contribution in [3.05, 3.63) is 107 Å². The normalized spacial score (nSPS) is 11.0. The standard InChI is InChI=1S/C23H19F2N3S/c1-16-7-9-21(10-8-16)28-22(13-17-5-3-2-4-6-17)26-27-23(28)29-15-18-11-19(24)14-20(25)12-18/h2-12,14H,13,15H2,1H3. The van der Waals surface area contributed by atoms with Gasteiger partial charge in [-0.3, -0.25) is 4.57 Å². The third-order valence-corrected chi connectivity index (χ3v) is 5.49. The molecule has 0 aliphatic heterocycles. The molecule has 6 heteroatoms. The summed E-state index contributed by atoms with van der Waals surface area (Å²) in [4.78, 5) is 0. The van der Waals surface area contributed by atoms with Gasteiger partial charge in [0.1, 0.15) is 17.5 Å². The van der Waals surface area contributed by atoms with Crippen molar-refractivity contribution in [3.63, 3.8) is 0 Å². The summed E-state index contributed by atoms with van der Waals surface area (Å²) in [5, 5.41) is 9.45. The summed E-state index contributed by atoms with van der Waals surface area (Å²) in [6, 6.07) is 21.8. The van der Waals surface area contributed by atoms with E-state index in [1.54, 1.807) is 0 Å². The molecule has 0 spiro atoms. The molecule has 29 heavy (non-hydrogen) atoms. The van der Waals surface area contributed by atoms with Crippen molar-refractivity contribution in [2.75, 3.05) is 0 Å². The predicted molar refractivity (Wildman–Crippen MR) is 111 cm³/mol. The lowest BCUT2D eigenvalue weighted by Crippen LogP contribution is -2.04. The summed E-state index contributed by atoms with van der Waals surface area (Å²) in [6.07, 6.45) is 0.636. The number of rotatable bonds is 6. The Morgan fingerprint density at radius 1 is 0.828 bits per heavy atom. The van der Waals surface area contributed by atoms with Gasteiger partial charge in [0.2, 0.25) is 0 Å². The lowest BCUT2D eigenvalue weighted by molar-refractivity contribution is 0.581. The van der Waals surface area contributed by atoms with E-state index < -0.39 is 11.6 Å². The maximum absolute atomic E-state index is 13.5. The third-order valence-electron chi connectivity index (χ3n) is 4.49. The lowest BCUT2D eigenvalue weighted by atomic mass is 10.1. The van der Waals surface area contributed by atoms with E-state index in [2.05, 4.69) is 22.3 Å². The van der Waals surface area contributed by atoms with Crippen molar-refractivity contribution in [2.24, 2.45) is 0 Å². The third kappa shape index (κ3) is 4.71. The summed E-state index contributed by atoms with van der Waals surface area (Å²) < 4.78 is 29.0. The highest BCUT2D eigenvalue weighted by Gasteiger charge is 2.15. The molecule has 1 aromatic heterocycles. The maximum atomic E-state index is 13.5. The monoisotopic (exact) mass is 407 g/mol. The zero-order chi connectivity index (χ0) is 20.2. The fourth-order valence-corrected chi connectivity index (χ4v) is 3.98. The summed E-state index contributed by atoms with van der Waals surface area (Å²) in [5.41, 5.74) is 3.82. The largest absolute Gasteiger partial charge is 0.274 e. The molecule has 3 aromatic carbocycles. The van der Waals surface area contributed by atoms with Crippen LogP contribution in [0.4, 0.5) is 8.78 Å². The van der Waals surface area contributed by atoms with Gasteiger partial charge >= 0.3 is 0 Å². The van der Waals surface area contributed by atoms with Crippen LogP contribution in [0.25, 0.3) is 5.69 Å². The topological polar surface area (TPSA) is 30.7 Å². The zero-order valence-electron chi connectivity index (χ0n) is 15.8. The van der Waals surface area contributed by atoms with Crippen LogP contribution in [0.2, 0.25) is 0 Å². The number of nitrogens with zero attached hydrogens (tertiary/aromatic N) is 3. The van der Waals surface area contributed by atoms with Crippen LogP contribution >= 0.6 is 11.8 Å². The number of aromatic nitrogens is 3. The molecule has 0 atom stereocenters. The average molecular weight is 407 g/mol. The van der Waals surface area contributed by atoms with Gasteiger partial charge in [-0.25, -0.2) is 8.78 Å². The second-order valence-corrected chi connectivity index (χ2v) is 7.74. The van der Waals surface area contributed by atoms with Crippen LogP contribution in [0, 0.1) is 18.6 Å². The number of hydrogen-bond donors (Lipinski definition) is 0. The summed E-state index contributed by atoms with van der Waals surface area (Å²) in [7, 11) is 0. The van der Waals surface area contributed by atoms with E-state index in [-0.39, 0.29) is 0 Å². The Morgan fingerprint density at radius 2 is 1.52 bits per heavy atom. The number of benzene rings is 3. The highest BCUT2D eigenvalue weighted by atomic mass is 32.2. The van der Waals surface area contributed by atoms with Crippen molar-refractivity contribution in [1.29, 1.82) is 0 Å². The van der Waals surface area contributed by atoms with Gasteiger partial charge in [-0.2, -0.15) is 0 Å². The second kappa shape index (κ2) is 8.57. The molecule has 0 aliphatic carbocycles. The zero-order valence-corrected chi connectivity index (χ0v) is 16.7. The molecule has 0 fully saturated rings. The van der Waals surface area contributed by atoms with Crippen LogP contribution in [-0.4, -0.2) is 14.8 Å². The van der Waals surface area contributed by atoms with Gasteiger partial charge in [0.25, 0.3) is 0 Å². The molecule has 0 saturated heterocycles. The minimum atomic E-state index is -0.578. The number of aryl methyl sites for hydroxylation is 1. The van der Waals surface area contributed by atoms with E-state index in [9.17, 15) is 8.78 Å². The van der Waals surface area contributed by atoms with Gasteiger partial charge < -0.3 is 0 Å². The summed E-state index contributed by atoms with van der Waals surface area (Å²) >= 11 is 1.40. The van der Waals surface area contributed by atoms with Gasteiger partial charge in [0.15, 0.2) is 5.16 Å². The van der Waals surface area contributed by atoms with E-state index in [0.29, 0.717) is 22.9 Å². The first kappa shape index (κ1) is 19.3. The highest BCUT2D eigenvalue weighted by molar-refractivity contribution is 7.98. The van der Waals surface area contributed by atoms with Crippen molar-refractivity contribution in [3.8, 4) is 5.69 Å². The van der Waals surface area contributed by atoms with Gasteiger partial charge in [0, 0.05) is 23.9 Å². The van der Waals surface area contributed by atoms with Crippen LogP contribution < -0.4 is 0 Å². The van der Waals surface area contributed by atoms with Gasteiger partial charge in [-0.1, -0.05) is 59.8 Å². The Hall–Kier alpha value is -2.99. The fourth-order valence-electron chi connectivity index (χ4n) is 3.08. The Labute approximate surface area is 172 Å². The molecule has 4 rings (SSSR count). The van der Waals surface area contributed by atoms with Crippen molar-refractivity contribution >= 4 is 11.8 Å². The number of thioether (sulfide) groups is 1. The molecule has 0 unspecified atom stereocenters. The Morgan fingerprint density at radius 3 is 2.21 bits per heavy atom. The summed E-state index contributed by atoms with van der Waals surface area (Å²) in [5.74, 6) is 0.0491. The van der Waals surface area contributed by atoms with Gasteiger partial charge in [0.05, 0.1) is 0 Å². The van der Waals surface area contributed by atoms with Crippen molar-refractivity contribution < 1.29 is 8.78 Å². The van der Waals surface area contributed by atoms with E-state index in [1.165, 1.54) is 23.9 Å². The van der Waals surface area contributed by atoms with Crippen LogP contribution in [0.3, 0.4) is 0 Å². The average Bonchev–Trinajstić information content (AvgIpc) is 3.09. The molecule has 3 nitrogen and oxygen atoms in total. The molecule has 0 bridgehead atoms. The Kier molecular flexibility index (Phi) is 5.71. The SMILES string of the molecule is Cc1ccc(-n2c(Cc3ccccc3)nnc2SCc2cc(F)cc(F)c2)cc1. The predicted octanol–water partition coefficient (Wildman–Crippen LogP) is 5.74. The molecule has 1 heterocycles. The molecule has 0 N–H and O–H groups in total. The first-order valence-electron chi connectivity index (χ1n) is 9.21. The van der Waals surface area contributed by atoms with E-state index in [1.807, 2.05) is 54.0 Å². The van der Waals surface area contributed by atoms with Crippen LogP contribution in [-0.2, 0) is 12.2 Å². The van der Waals surface area contributed by atoms with Crippen LogP contribution in [0.5, 0.6) is 0 Å². The van der Waals surface area contributed by atoms with Gasteiger partial charge in [-0.05, 0) is 42.3 Å². The summed E-state index contributed by atoms with van der Waals surface area (Å²) in [6.45, 7) is 2.04. The molecule has 0 amide bonds. The Balaban J connectivity index is 1.66. The molecular formula is C23H19F2N3S. The number of hydrogen-bond acceptors (Lipinski definition) is 3. The number of halogens is 2. The van der Waals surface area contributed by atoms with Crippen molar-refractivity contribution in [1.82, 2.24) is 14.8 Å². The highest BCUT2D eigenvalue weighted by Crippen LogP contribution is 2.27.